The zero-order valence-corrected chi connectivity index (χ0v) is 13.0. The third-order valence-corrected chi connectivity index (χ3v) is 5.85. The second-order valence-electron chi connectivity index (χ2n) is 5.78. The minimum atomic E-state index is -3.44. The normalized spacial score (nSPS) is 23.7. The first-order valence-corrected chi connectivity index (χ1v) is 8.79. The number of anilines is 1. The summed E-state index contributed by atoms with van der Waals surface area (Å²) >= 11 is 0. The first-order valence-electron chi connectivity index (χ1n) is 7.31. The zero-order chi connectivity index (χ0) is 14.8. The van der Waals surface area contributed by atoms with Crippen molar-refractivity contribution in [2.45, 2.75) is 56.9 Å². The van der Waals surface area contributed by atoms with Crippen LogP contribution in [0.3, 0.4) is 0 Å². The Morgan fingerprint density at radius 2 is 2.10 bits per heavy atom. The van der Waals surface area contributed by atoms with Crippen molar-refractivity contribution >= 4 is 15.7 Å². The number of benzene rings is 1. The molecule has 0 radical (unpaired) electrons. The maximum Gasteiger partial charge on any atom is 0.241 e. The summed E-state index contributed by atoms with van der Waals surface area (Å²) in [5.74, 6) is 0.643. The lowest BCUT2D eigenvalue weighted by Crippen LogP contribution is -2.38. The van der Waals surface area contributed by atoms with Gasteiger partial charge in [0.2, 0.25) is 10.0 Å². The molecule has 0 aromatic heterocycles. The molecular formula is C15H24N2O2S. The van der Waals surface area contributed by atoms with Crippen LogP contribution in [0.15, 0.2) is 23.1 Å². The van der Waals surface area contributed by atoms with Gasteiger partial charge in [-0.2, -0.15) is 0 Å². The van der Waals surface area contributed by atoms with E-state index in [2.05, 4.69) is 11.6 Å². The van der Waals surface area contributed by atoms with E-state index in [0.29, 0.717) is 22.1 Å². The van der Waals surface area contributed by atoms with E-state index >= 15 is 0 Å². The molecule has 2 unspecified atom stereocenters. The number of aryl methyl sites for hydroxylation is 1. The van der Waals surface area contributed by atoms with Gasteiger partial charge in [0.1, 0.15) is 0 Å². The predicted molar refractivity (Wildman–Crippen MR) is 81.9 cm³/mol. The van der Waals surface area contributed by atoms with Crippen molar-refractivity contribution in [2.75, 3.05) is 5.73 Å². The average molecular weight is 296 g/mol. The molecule has 112 valence electrons. The molecule has 1 aromatic rings. The topological polar surface area (TPSA) is 72.2 Å². The fourth-order valence-electron chi connectivity index (χ4n) is 3.03. The molecule has 5 heteroatoms. The Morgan fingerprint density at radius 3 is 2.75 bits per heavy atom. The zero-order valence-electron chi connectivity index (χ0n) is 12.2. The Kier molecular flexibility index (Phi) is 4.70. The van der Waals surface area contributed by atoms with Crippen LogP contribution in [0.2, 0.25) is 0 Å². The molecule has 2 rings (SSSR count). The molecule has 1 aromatic carbocycles. The van der Waals surface area contributed by atoms with Crippen LogP contribution in [0.1, 0.15) is 44.6 Å². The quantitative estimate of drug-likeness (QED) is 0.839. The number of nitrogens with two attached hydrogens (primary N) is 1. The summed E-state index contributed by atoms with van der Waals surface area (Å²) in [6.45, 7) is 3.95. The van der Waals surface area contributed by atoms with Crippen molar-refractivity contribution in [3.8, 4) is 0 Å². The van der Waals surface area contributed by atoms with E-state index in [-0.39, 0.29) is 6.04 Å². The number of hydrogen-bond acceptors (Lipinski definition) is 3. The minimum absolute atomic E-state index is 0.0654. The van der Waals surface area contributed by atoms with E-state index in [1.807, 2.05) is 0 Å². The van der Waals surface area contributed by atoms with Gasteiger partial charge in [0.15, 0.2) is 0 Å². The summed E-state index contributed by atoms with van der Waals surface area (Å²) in [4.78, 5) is 0.338. The summed E-state index contributed by atoms with van der Waals surface area (Å²) < 4.78 is 27.8. The van der Waals surface area contributed by atoms with E-state index in [1.54, 1.807) is 25.1 Å². The molecule has 20 heavy (non-hydrogen) atoms. The standard InChI is InChI=1S/C15H24N2O2S/c1-3-12-5-4-6-14(10-12)17-20(18,19)15-8-7-13(16)9-11(15)2/h7-9,12,14,17H,3-6,10,16H2,1-2H3. The van der Waals surface area contributed by atoms with Gasteiger partial charge in [0, 0.05) is 11.7 Å². The van der Waals surface area contributed by atoms with Crippen molar-refractivity contribution < 1.29 is 8.42 Å². The highest BCUT2D eigenvalue weighted by molar-refractivity contribution is 7.89. The number of rotatable bonds is 4. The van der Waals surface area contributed by atoms with Gasteiger partial charge >= 0.3 is 0 Å². The van der Waals surface area contributed by atoms with Crippen LogP contribution < -0.4 is 10.5 Å². The summed E-state index contributed by atoms with van der Waals surface area (Å²) in [5.41, 5.74) is 6.96. The van der Waals surface area contributed by atoms with Gasteiger partial charge in [-0.1, -0.05) is 26.2 Å². The maximum atomic E-state index is 12.5. The number of sulfonamides is 1. The number of nitrogen functional groups attached to an aromatic ring is 1. The third kappa shape index (κ3) is 3.52. The van der Waals surface area contributed by atoms with Gasteiger partial charge < -0.3 is 5.73 Å². The van der Waals surface area contributed by atoms with Crippen LogP contribution in [0.5, 0.6) is 0 Å². The summed E-state index contributed by atoms with van der Waals surface area (Å²) in [6, 6.07) is 4.99. The van der Waals surface area contributed by atoms with E-state index in [4.69, 9.17) is 5.73 Å². The molecule has 2 atom stereocenters. The Bertz CT molecular complexity index is 569. The molecule has 0 bridgehead atoms. The van der Waals surface area contributed by atoms with Crippen molar-refractivity contribution in [1.82, 2.24) is 4.72 Å². The maximum absolute atomic E-state index is 12.5. The van der Waals surface area contributed by atoms with Crippen LogP contribution in [-0.4, -0.2) is 14.5 Å². The molecule has 0 saturated heterocycles. The molecule has 3 N–H and O–H groups in total. The van der Waals surface area contributed by atoms with E-state index in [9.17, 15) is 8.42 Å². The van der Waals surface area contributed by atoms with Crippen LogP contribution in [0, 0.1) is 12.8 Å². The first-order chi connectivity index (χ1) is 9.42. The highest BCUT2D eigenvalue weighted by atomic mass is 32.2. The average Bonchev–Trinajstić information content (AvgIpc) is 2.37. The second kappa shape index (κ2) is 6.14. The van der Waals surface area contributed by atoms with Gasteiger partial charge in [-0.25, -0.2) is 13.1 Å². The van der Waals surface area contributed by atoms with E-state index in [1.165, 1.54) is 6.42 Å². The van der Waals surface area contributed by atoms with E-state index < -0.39 is 10.0 Å². The number of nitrogens with one attached hydrogen (secondary N) is 1. The molecule has 0 amide bonds. The van der Waals surface area contributed by atoms with Gasteiger partial charge in [-0.05, 0) is 49.4 Å². The molecule has 1 aliphatic rings. The largest absolute Gasteiger partial charge is 0.399 e. The fourth-order valence-corrected chi connectivity index (χ4v) is 4.54. The highest BCUT2D eigenvalue weighted by Crippen LogP contribution is 2.28. The fraction of sp³-hybridized carbons (Fsp3) is 0.600. The number of hydrogen-bond donors (Lipinski definition) is 2. The molecule has 0 aliphatic heterocycles. The summed E-state index contributed by atoms with van der Waals surface area (Å²) in [5, 5.41) is 0. The lowest BCUT2D eigenvalue weighted by atomic mass is 9.85. The molecule has 1 fully saturated rings. The SMILES string of the molecule is CCC1CCCC(NS(=O)(=O)c2ccc(N)cc2C)C1. The van der Waals surface area contributed by atoms with Gasteiger partial charge in [0.05, 0.1) is 4.90 Å². The van der Waals surface area contributed by atoms with E-state index in [0.717, 1.165) is 25.7 Å². The first kappa shape index (κ1) is 15.3. The minimum Gasteiger partial charge on any atom is -0.399 e. The van der Waals surface area contributed by atoms with Crippen LogP contribution in [0.4, 0.5) is 5.69 Å². The second-order valence-corrected chi connectivity index (χ2v) is 7.47. The molecular weight excluding hydrogens is 272 g/mol. The van der Waals surface area contributed by atoms with Crippen molar-refractivity contribution in [2.24, 2.45) is 5.92 Å². The van der Waals surface area contributed by atoms with Gasteiger partial charge in [-0.3, -0.25) is 0 Å². The lowest BCUT2D eigenvalue weighted by molar-refractivity contribution is 0.301. The van der Waals surface area contributed by atoms with Crippen LogP contribution >= 0.6 is 0 Å². The Balaban J connectivity index is 2.14. The lowest BCUT2D eigenvalue weighted by Gasteiger charge is -2.29. The molecule has 0 spiro atoms. The van der Waals surface area contributed by atoms with Crippen molar-refractivity contribution in [3.05, 3.63) is 23.8 Å². The molecule has 0 heterocycles. The Morgan fingerprint density at radius 1 is 1.35 bits per heavy atom. The highest BCUT2D eigenvalue weighted by Gasteiger charge is 2.26. The third-order valence-electron chi connectivity index (χ3n) is 4.17. The Labute approximate surface area is 121 Å². The van der Waals surface area contributed by atoms with Crippen molar-refractivity contribution in [3.63, 3.8) is 0 Å². The van der Waals surface area contributed by atoms with Crippen LogP contribution in [0.25, 0.3) is 0 Å². The molecule has 1 aliphatic carbocycles. The van der Waals surface area contributed by atoms with Gasteiger partial charge in [0.25, 0.3) is 0 Å². The molecule has 1 saturated carbocycles. The smallest absolute Gasteiger partial charge is 0.241 e. The summed E-state index contributed by atoms with van der Waals surface area (Å²) in [6.07, 6.45) is 5.33. The van der Waals surface area contributed by atoms with Crippen LogP contribution in [-0.2, 0) is 10.0 Å². The Hall–Kier alpha value is -1.07. The predicted octanol–water partition coefficient (Wildman–Crippen LogP) is 2.82. The van der Waals surface area contributed by atoms with Crippen molar-refractivity contribution in [1.29, 1.82) is 0 Å². The van der Waals surface area contributed by atoms with Gasteiger partial charge in [-0.15, -0.1) is 0 Å². The monoisotopic (exact) mass is 296 g/mol. The summed E-state index contributed by atoms with van der Waals surface area (Å²) in [7, 11) is -3.44. The molecule has 4 nitrogen and oxygen atoms in total.